The van der Waals surface area contributed by atoms with Crippen LogP contribution in [0.4, 0.5) is 0 Å². The van der Waals surface area contributed by atoms with E-state index in [1.165, 1.54) is 64.2 Å². The van der Waals surface area contributed by atoms with Crippen LogP contribution < -0.4 is 0 Å². The normalized spacial score (nSPS) is 12.1. The minimum absolute atomic E-state index is 0.00365. The van der Waals surface area contributed by atoms with Crippen LogP contribution in [-0.2, 0) is 38.1 Å². The Labute approximate surface area is 299 Å². The zero-order chi connectivity index (χ0) is 36.0. The Kier molecular flexibility index (Phi) is 35.8. The van der Waals surface area contributed by atoms with Crippen LogP contribution in [0.25, 0.3) is 0 Å². The average Bonchev–Trinajstić information content (AvgIpc) is 3.10. The standard InChI is InChI=1S/C40H74O9/c1-4-7-10-13-14-20-23-30-45-37(42)26-21-16-15-17-22-27-38(43)48-34-36(33-41)35-49-39(44)28-29-40(46-31-24-18-11-8-5-2)47-32-25-19-12-9-6-3/h20,23,36,40-41H,4-19,21-22,24-35H2,1-3H3/b23-20-. The largest absolute Gasteiger partial charge is 0.465 e. The molecule has 9 heteroatoms. The van der Waals surface area contributed by atoms with Gasteiger partial charge < -0.3 is 28.8 Å². The van der Waals surface area contributed by atoms with Gasteiger partial charge in [0.05, 0.1) is 32.2 Å². The van der Waals surface area contributed by atoms with E-state index in [2.05, 4.69) is 26.8 Å². The topological polar surface area (TPSA) is 118 Å². The predicted octanol–water partition coefficient (Wildman–Crippen LogP) is 9.56. The van der Waals surface area contributed by atoms with Crippen LogP contribution in [-0.4, -0.2) is 68.9 Å². The van der Waals surface area contributed by atoms with E-state index in [9.17, 15) is 19.5 Å². The lowest BCUT2D eigenvalue weighted by Gasteiger charge is -2.19. The maximum atomic E-state index is 12.4. The van der Waals surface area contributed by atoms with Crippen molar-refractivity contribution in [1.29, 1.82) is 0 Å². The fourth-order valence-corrected chi connectivity index (χ4v) is 5.17. The van der Waals surface area contributed by atoms with Gasteiger partial charge in [-0.15, -0.1) is 0 Å². The number of carbonyl (C=O) groups excluding carboxylic acids is 3. The summed E-state index contributed by atoms with van der Waals surface area (Å²) >= 11 is 0. The van der Waals surface area contributed by atoms with Gasteiger partial charge in [-0.1, -0.05) is 123 Å². The molecule has 0 rings (SSSR count). The Morgan fingerprint density at radius 3 is 1.51 bits per heavy atom. The van der Waals surface area contributed by atoms with Crippen molar-refractivity contribution in [3.8, 4) is 0 Å². The lowest BCUT2D eigenvalue weighted by atomic mass is 10.1. The molecule has 9 nitrogen and oxygen atoms in total. The number of unbranched alkanes of at least 4 members (excludes halogenated alkanes) is 16. The number of ether oxygens (including phenoxy) is 5. The first-order valence-electron chi connectivity index (χ1n) is 19.9. The van der Waals surface area contributed by atoms with Crippen LogP contribution in [0.3, 0.4) is 0 Å². The van der Waals surface area contributed by atoms with Crippen molar-refractivity contribution in [2.24, 2.45) is 5.92 Å². The second-order valence-electron chi connectivity index (χ2n) is 13.2. The van der Waals surface area contributed by atoms with Gasteiger partial charge >= 0.3 is 17.9 Å². The van der Waals surface area contributed by atoms with Crippen molar-refractivity contribution in [3.05, 3.63) is 12.2 Å². The summed E-state index contributed by atoms with van der Waals surface area (Å²) in [6.45, 7) is 7.91. The van der Waals surface area contributed by atoms with Gasteiger partial charge in [0.1, 0.15) is 6.61 Å². The highest BCUT2D eigenvalue weighted by molar-refractivity contribution is 5.70. The van der Waals surface area contributed by atoms with Crippen LogP contribution in [0.2, 0.25) is 0 Å². The molecule has 1 N–H and O–H groups in total. The number of hydrogen-bond donors (Lipinski definition) is 1. The number of aliphatic hydroxyl groups excluding tert-OH is 1. The van der Waals surface area contributed by atoms with Gasteiger partial charge in [-0.05, 0) is 38.5 Å². The molecule has 0 aromatic carbocycles. The minimum atomic E-state index is -0.469. The second-order valence-corrected chi connectivity index (χ2v) is 13.2. The van der Waals surface area contributed by atoms with E-state index in [0.29, 0.717) is 45.5 Å². The molecule has 0 aromatic rings. The van der Waals surface area contributed by atoms with E-state index in [4.69, 9.17) is 23.7 Å². The number of aliphatic hydroxyl groups is 1. The molecule has 1 atom stereocenters. The van der Waals surface area contributed by atoms with Gasteiger partial charge in [-0.2, -0.15) is 0 Å². The summed E-state index contributed by atoms with van der Waals surface area (Å²) in [6, 6.07) is 0. The fourth-order valence-electron chi connectivity index (χ4n) is 5.17. The highest BCUT2D eigenvalue weighted by Crippen LogP contribution is 2.13. The van der Waals surface area contributed by atoms with E-state index in [-0.39, 0.29) is 44.1 Å². The first-order chi connectivity index (χ1) is 24.0. The zero-order valence-corrected chi connectivity index (χ0v) is 31.7. The van der Waals surface area contributed by atoms with E-state index in [0.717, 1.165) is 57.8 Å². The molecule has 0 spiro atoms. The van der Waals surface area contributed by atoms with Crippen molar-refractivity contribution in [2.75, 3.05) is 39.6 Å². The third kappa shape index (κ3) is 34.3. The van der Waals surface area contributed by atoms with Crippen LogP contribution >= 0.6 is 0 Å². The summed E-state index contributed by atoms with van der Waals surface area (Å²) in [5, 5.41) is 9.70. The monoisotopic (exact) mass is 699 g/mol. The predicted molar refractivity (Wildman–Crippen MR) is 196 cm³/mol. The van der Waals surface area contributed by atoms with E-state index >= 15 is 0 Å². The third-order valence-electron chi connectivity index (χ3n) is 8.40. The smallest absolute Gasteiger partial charge is 0.306 e. The molecule has 49 heavy (non-hydrogen) atoms. The molecule has 0 amide bonds. The quantitative estimate of drug-likeness (QED) is 0.0222. The summed E-state index contributed by atoms with van der Waals surface area (Å²) in [4.78, 5) is 36.5. The van der Waals surface area contributed by atoms with Crippen molar-refractivity contribution in [2.45, 2.75) is 181 Å². The first kappa shape index (κ1) is 47.0. The molecular formula is C40H74O9. The van der Waals surface area contributed by atoms with Gasteiger partial charge in [0.15, 0.2) is 6.29 Å². The Hall–Kier alpha value is -1.97. The SMILES string of the molecule is CCCCCC/C=C\COC(=O)CCCCCCCC(=O)OCC(CO)COC(=O)CCC(OCCCCCCC)OCCCCCCC. The highest BCUT2D eigenvalue weighted by atomic mass is 16.7. The van der Waals surface area contributed by atoms with E-state index in [1.54, 1.807) is 0 Å². The fraction of sp³-hybridized carbons (Fsp3) is 0.875. The maximum Gasteiger partial charge on any atom is 0.306 e. The maximum absolute atomic E-state index is 12.4. The van der Waals surface area contributed by atoms with Gasteiger partial charge in [0.2, 0.25) is 0 Å². The number of carbonyl (C=O) groups is 3. The lowest BCUT2D eigenvalue weighted by Crippen LogP contribution is -2.25. The number of allylic oxidation sites excluding steroid dienone is 1. The Morgan fingerprint density at radius 1 is 0.531 bits per heavy atom. The van der Waals surface area contributed by atoms with Gasteiger partial charge in [-0.3, -0.25) is 14.4 Å². The van der Waals surface area contributed by atoms with Gasteiger partial charge in [0.25, 0.3) is 0 Å². The summed E-state index contributed by atoms with van der Waals surface area (Å²) in [6.07, 6.45) is 26.5. The van der Waals surface area contributed by atoms with Crippen molar-refractivity contribution >= 4 is 17.9 Å². The van der Waals surface area contributed by atoms with Crippen LogP contribution in [0.15, 0.2) is 12.2 Å². The third-order valence-corrected chi connectivity index (χ3v) is 8.40. The van der Waals surface area contributed by atoms with Crippen molar-refractivity contribution in [3.63, 3.8) is 0 Å². The van der Waals surface area contributed by atoms with Crippen LogP contribution in [0.5, 0.6) is 0 Å². The molecule has 0 saturated carbocycles. The first-order valence-corrected chi connectivity index (χ1v) is 19.9. The summed E-state index contributed by atoms with van der Waals surface area (Å²) in [7, 11) is 0. The molecular weight excluding hydrogens is 624 g/mol. The molecule has 0 fully saturated rings. The number of rotatable bonds is 37. The van der Waals surface area contributed by atoms with E-state index < -0.39 is 12.2 Å². The number of hydrogen-bond acceptors (Lipinski definition) is 9. The average molecular weight is 699 g/mol. The van der Waals surface area contributed by atoms with Crippen molar-refractivity contribution < 1.29 is 43.2 Å². The Bertz CT molecular complexity index is 770. The lowest BCUT2D eigenvalue weighted by molar-refractivity contribution is -0.161. The molecule has 0 aliphatic rings. The molecule has 0 radical (unpaired) electrons. The van der Waals surface area contributed by atoms with Gasteiger partial charge in [0, 0.05) is 32.5 Å². The highest BCUT2D eigenvalue weighted by Gasteiger charge is 2.17. The Balaban J connectivity index is 4.06. The summed E-state index contributed by atoms with van der Waals surface area (Å²) in [5.74, 6) is -1.34. The van der Waals surface area contributed by atoms with Crippen LogP contribution in [0.1, 0.15) is 175 Å². The van der Waals surface area contributed by atoms with Gasteiger partial charge in [-0.25, -0.2) is 0 Å². The molecule has 1 unspecified atom stereocenters. The Morgan fingerprint density at radius 2 is 0.980 bits per heavy atom. The van der Waals surface area contributed by atoms with E-state index in [1.807, 2.05) is 6.08 Å². The number of esters is 3. The second kappa shape index (κ2) is 37.3. The molecule has 0 bridgehead atoms. The molecule has 0 aromatic heterocycles. The zero-order valence-electron chi connectivity index (χ0n) is 31.7. The van der Waals surface area contributed by atoms with Crippen molar-refractivity contribution in [1.82, 2.24) is 0 Å². The molecule has 0 aliphatic heterocycles. The summed E-state index contributed by atoms with van der Waals surface area (Å²) < 4.78 is 27.9. The molecule has 0 aliphatic carbocycles. The molecule has 288 valence electrons. The summed E-state index contributed by atoms with van der Waals surface area (Å²) in [5.41, 5.74) is 0. The molecule has 0 heterocycles. The van der Waals surface area contributed by atoms with Crippen LogP contribution in [0, 0.1) is 5.92 Å². The molecule has 0 saturated heterocycles. The minimum Gasteiger partial charge on any atom is -0.465 e.